The van der Waals surface area contributed by atoms with Crippen LogP contribution in [0, 0.1) is 17.2 Å². The van der Waals surface area contributed by atoms with Crippen LogP contribution in [0.1, 0.15) is 50.4 Å². The van der Waals surface area contributed by atoms with Gasteiger partial charge in [0, 0.05) is 5.69 Å². The molecule has 1 aromatic rings. The number of pyridine rings is 1. The predicted octanol–water partition coefficient (Wildman–Crippen LogP) is 3.51. The van der Waals surface area contributed by atoms with Gasteiger partial charge in [0.05, 0.1) is 12.2 Å². The fourth-order valence-electron chi connectivity index (χ4n) is 2.71. The summed E-state index contributed by atoms with van der Waals surface area (Å²) >= 11 is 1.31. The van der Waals surface area contributed by atoms with Crippen molar-refractivity contribution >= 4 is 17.7 Å². The summed E-state index contributed by atoms with van der Waals surface area (Å²) in [5.74, 6) is 0.430. The van der Waals surface area contributed by atoms with Gasteiger partial charge in [-0.25, -0.2) is 4.98 Å². The minimum absolute atomic E-state index is 0.262. The Morgan fingerprint density at radius 1 is 1.59 bits per heavy atom. The second-order valence-corrected chi connectivity index (χ2v) is 6.92. The molecule has 4 nitrogen and oxygen atoms in total. The van der Waals surface area contributed by atoms with Crippen LogP contribution in [0.25, 0.3) is 0 Å². The number of nitrogens with zero attached hydrogens (tertiary/aromatic N) is 2. The van der Waals surface area contributed by atoms with E-state index in [9.17, 15) is 10.1 Å². The second-order valence-electron chi connectivity index (χ2n) is 5.59. The Hall–Kier alpha value is -1.54. The lowest BCUT2D eigenvalue weighted by Crippen LogP contribution is -2.18. The van der Waals surface area contributed by atoms with E-state index < -0.39 is 0 Å². The van der Waals surface area contributed by atoms with Crippen LogP contribution >= 0.6 is 11.8 Å². The van der Waals surface area contributed by atoms with Gasteiger partial charge in [-0.05, 0) is 50.7 Å². The van der Waals surface area contributed by atoms with Crippen molar-refractivity contribution in [3.63, 3.8) is 0 Å². The molecule has 1 aliphatic rings. The molecular weight excluding hydrogens is 296 g/mol. The molecule has 0 amide bonds. The van der Waals surface area contributed by atoms with Gasteiger partial charge in [-0.1, -0.05) is 25.1 Å². The highest BCUT2D eigenvalue weighted by atomic mass is 32.2. The topological polar surface area (TPSA) is 63.0 Å². The van der Waals surface area contributed by atoms with Gasteiger partial charge in [0.1, 0.15) is 16.3 Å². The van der Waals surface area contributed by atoms with E-state index in [1.165, 1.54) is 17.3 Å². The Balaban J connectivity index is 2.22. The van der Waals surface area contributed by atoms with E-state index in [4.69, 9.17) is 4.74 Å². The number of aryl methyl sites for hydroxylation is 1. The van der Waals surface area contributed by atoms with Gasteiger partial charge in [0.25, 0.3) is 0 Å². The zero-order valence-electron chi connectivity index (χ0n) is 13.4. The van der Waals surface area contributed by atoms with Gasteiger partial charge in [-0.15, -0.1) is 0 Å². The summed E-state index contributed by atoms with van der Waals surface area (Å²) in [6, 6.07) is 4.18. The van der Waals surface area contributed by atoms with E-state index in [-0.39, 0.29) is 11.2 Å². The first-order valence-electron chi connectivity index (χ1n) is 7.85. The first-order valence-corrected chi connectivity index (χ1v) is 8.73. The molecule has 0 fully saturated rings. The SMILES string of the molecule is CCOC(=O)C(C)Sc1nc2c(cc1C#N)CC(CC)CC2. The van der Waals surface area contributed by atoms with E-state index in [0.717, 1.165) is 31.4 Å². The molecule has 5 heteroatoms. The Morgan fingerprint density at radius 3 is 3.00 bits per heavy atom. The van der Waals surface area contributed by atoms with Crippen molar-refractivity contribution in [2.24, 2.45) is 5.92 Å². The van der Waals surface area contributed by atoms with Crippen LogP contribution in [-0.2, 0) is 22.4 Å². The number of aromatic nitrogens is 1. The van der Waals surface area contributed by atoms with Gasteiger partial charge < -0.3 is 4.74 Å². The van der Waals surface area contributed by atoms with Crippen LogP contribution in [0.5, 0.6) is 0 Å². The number of hydrogen-bond donors (Lipinski definition) is 0. The lowest BCUT2D eigenvalue weighted by molar-refractivity contribution is -0.142. The molecule has 2 atom stereocenters. The number of carbonyl (C=O) groups excluding carboxylic acids is 1. The summed E-state index contributed by atoms with van der Waals surface area (Å²) in [7, 11) is 0. The van der Waals surface area contributed by atoms with E-state index in [2.05, 4.69) is 18.0 Å². The molecule has 0 spiro atoms. The Kier molecular flexibility index (Phi) is 5.84. The van der Waals surface area contributed by atoms with E-state index >= 15 is 0 Å². The van der Waals surface area contributed by atoms with Crippen molar-refractivity contribution in [2.75, 3.05) is 6.61 Å². The average molecular weight is 318 g/mol. The van der Waals surface area contributed by atoms with Crippen molar-refractivity contribution in [2.45, 2.75) is 56.7 Å². The van der Waals surface area contributed by atoms with Gasteiger partial charge in [0.15, 0.2) is 0 Å². The zero-order valence-corrected chi connectivity index (χ0v) is 14.2. The van der Waals surface area contributed by atoms with Crippen LogP contribution in [-0.4, -0.2) is 22.8 Å². The maximum atomic E-state index is 11.8. The Labute approximate surface area is 136 Å². The van der Waals surface area contributed by atoms with Crippen molar-refractivity contribution < 1.29 is 9.53 Å². The Morgan fingerprint density at radius 2 is 2.36 bits per heavy atom. The summed E-state index contributed by atoms with van der Waals surface area (Å²) < 4.78 is 5.02. The number of ether oxygens (including phenoxy) is 1. The normalized spacial score (nSPS) is 18.2. The van der Waals surface area contributed by atoms with E-state index in [1.807, 2.05) is 6.07 Å². The van der Waals surface area contributed by atoms with E-state index in [0.29, 0.717) is 23.1 Å². The molecule has 0 saturated heterocycles. The van der Waals surface area contributed by atoms with E-state index in [1.54, 1.807) is 13.8 Å². The summed E-state index contributed by atoms with van der Waals surface area (Å²) in [5.41, 5.74) is 2.85. The molecule has 1 heterocycles. The maximum absolute atomic E-state index is 11.8. The molecule has 2 unspecified atom stereocenters. The van der Waals surface area contributed by atoms with Crippen molar-refractivity contribution in [3.05, 3.63) is 22.9 Å². The number of thioether (sulfide) groups is 1. The largest absolute Gasteiger partial charge is 0.465 e. The summed E-state index contributed by atoms with van der Waals surface area (Å²) in [4.78, 5) is 16.4. The number of nitriles is 1. The average Bonchev–Trinajstić information content (AvgIpc) is 2.53. The lowest BCUT2D eigenvalue weighted by Gasteiger charge is -2.23. The van der Waals surface area contributed by atoms with Crippen LogP contribution < -0.4 is 0 Å². The molecule has 0 aliphatic heterocycles. The third kappa shape index (κ3) is 3.80. The summed E-state index contributed by atoms with van der Waals surface area (Å²) in [6.07, 6.45) is 4.28. The molecule has 0 N–H and O–H groups in total. The molecule has 0 aromatic carbocycles. The predicted molar refractivity (Wildman–Crippen MR) is 86.7 cm³/mol. The number of esters is 1. The van der Waals surface area contributed by atoms with Crippen LogP contribution in [0.3, 0.4) is 0 Å². The van der Waals surface area contributed by atoms with Gasteiger partial charge >= 0.3 is 5.97 Å². The summed E-state index contributed by atoms with van der Waals surface area (Å²) in [6.45, 7) is 6.15. The molecule has 0 saturated carbocycles. The van der Waals surface area contributed by atoms with Crippen LogP contribution in [0.4, 0.5) is 0 Å². The number of hydrogen-bond acceptors (Lipinski definition) is 5. The smallest absolute Gasteiger partial charge is 0.319 e. The monoisotopic (exact) mass is 318 g/mol. The summed E-state index contributed by atoms with van der Waals surface area (Å²) in [5, 5.41) is 9.67. The third-order valence-corrected chi connectivity index (χ3v) is 5.14. The second kappa shape index (κ2) is 7.64. The molecule has 0 bridgehead atoms. The highest BCUT2D eigenvalue weighted by Crippen LogP contribution is 2.32. The minimum Gasteiger partial charge on any atom is -0.465 e. The van der Waals surface area contributed by atoms with Crippen molar-refractivity contribution in [1.29, 1.82) is 5.26 Å². The molecule has 2 rings (SSSR count). The Bertz CT molecular complexity index is 595. The fraction of sp³-hybridized carbons (Fsp3) is 0.588. The number of carbonyl (C=O) groups is 1. The maximum Gasteiger partial charge on any atom is 0.319 e. The van der Waals surface area contributed by atoms with Crippen LogP contribution in [0.2, 0.25) is 0 Å². The molecule has 1 aromatic heterocycles. The molecular formula is C17H22N2O2S. The molecule has 0 radical (unpaired) electrons. The van der Waals surface area contributed by atoms with Gasteiger partial charge in [-0.3, -0.25) is 4.79 Å². The third-order valence-electron chi connectivity index (χ3n) is 4.06. The molecule has 118 valence electrons. The minimum atomic E-state index is -0.357. The van der Waals surface area contributed by atoms with Crippen molar-refractivity contribution in [1.82, 2.24) is 4.98 Å². The molecule has 1 aliphatic carbocycles. The first kappa shape index (κ1) is 16.8. The highest BCUT2D eigenvalue weighted by Gasteiger charge is 2.23. The van der Waals surface area contributed by atoms with Gasteiger partial charge in [-0.2, -0.15) is 5.26 Å². The number of rotatable bonds is 5. The standard InChI is InChI=1S/C17H22N2O2S/c1-4-12-6-7-15-13(8-12)9-14(10-18)16(19-15)22-11(3)17(20)21-5-2/h9,11-12H,4-8H2,1-3H3. The molecule has 22 heavy (non-hydrogen) atoms. The van der Waals surface area contributed by atoms with Gasteiger partial charge in [0.2, 0.25) is 0 Å². The highest BCUT2D eigenvalue weighted by molar-refractivity contribution is 8.00. The first-order chi connectivity index (χ1) is 10.6. The quantitative estimate of drug-likeness (QED) is 0.614. The van der Waals surface area contributed by atoms with Crippen LogP contribution in [0.15, 0.2) is 11.1 Å². The lowest BCUT2D eigenvalue weighted by atomic mass is 9.85. The van der Waals surface area contributed by atoms with Crippen molar-refractivity contribution in [3.8, 4) is 6.07 Å². The zero-order chi connectivity index (χ0) is 16.1. The number of fused-ring (bicyclic) bond motifs is 1. The fourth-order valence-corrected chi connectivity index (χ4v) is 3.61.